The van der Waals surface area contributed by atoms with Crippen LogP contribution in [0.5, 0.6) is 0 Å². The Kier molecular flexibility index (Phi) is 4.28. The van der Waals surface area contributed by atoms with E-state index in [2.05, 4.69) is 15.5 Å². The molecule has 0 unspecified atom stereocenters. The largest absolute Gasteiger partial charge is 0.368 e. The van der Waals surface area contributed by atoms with Crippen molar-refractivity contribution in [3.63, 3.8) is 0 Å². The Labute approximate surface area is 119 Å². The van der Waals surface area contributed by atoms with Gasteiger partial charge >= 0.3 is 0 Å². The molecule has 1 heterocycles. The second-order valence-corrected chi connectivity index (χ2v) is 5.13. The lowest BCUT2D eigenvalue weighted by Crippen LogP contribution is -2.14. The van der Waals surface area contributed by atoms with Crippen LogP contribution in [0.15, 0.2) is 29.4 Å². The fourth-order valence-corrected chi connectivity index (χ4v) is 2.25. The van der Waals surface area contributed by atoms with Crippen molar-refractivity contribution >= 4 is 40.9 Å². The highest BCUT2D eigenvalue weighted by Gasteiger charge is 2.09. The number of anilines is 2. The molecule has 19 heavy (non-hydrogen) atoms. The summed E-state index contributed by atoms with van der Waals surface area (Å²) in [6, 6.07) is 6.97. The molecule has 0 fully saturated rings. The second kappa shape index (κ2) is 5.94. The molecule has 0 saturated carbocycles. The van der Waals surface area contributed by atoms with E-state index in [1.165, 1.54) is 11.8 Å². The predicted octanol–water partition coefficient (Wildman–Crippen LogP) is 1.78. The minimum atomic E-state index is -0.145. The van der Waals surface area contributed by atoms with Crippen LogP contribution in [0.2, 0.25) is 5.02 Å². The number of hydrogen-bond acceptors (Lipinski definition) is 5. The first kappa shape index (κ1) is 13.7. The average molecular weight is 298 g/mol. The zero-order valence-electron chi connectivity index (χ0n) is 10.1. The summed E-state index contributed by atoms with van der Waals surface area (Å²) in [7, 11) is 1.74. The third-order valence-corrected chi connectivity index (χ3v) is 3.56. The number of nitrogens with two attached hydrogens (primary N) is 1. The summed E-state index contributed by atoms with van der Waals surface area (Å²) in [4.78, 5) is 11.8. The van der Waals surface area contributed by atoms with Crippen LogP contribution in [0.3, 0.4) is 0 Å². The SMILES string of the molecule is Cn1c(N)nnc1SCC(=O)Nc1cccc(Cl)c1. The van der Waals surface area contributed by atoms with E-state index in [1.807, 2.05) is 0 Å². The van der Waals surface area contributed by atoms with Gasteiger partial charge in [0.25, 0.3) is 0 Å². The van der Waals surface area contributed by atoms with Crippen molar-refractivity contribution in [2.75, 3.05) is 16.8 Å². The van der Waals surface area contributed by atoms with Gasteiger partial charge < -0.3 is 11.1 Å². The van der Waals surface area contributed by atoms with Crippen LogP contribution in [0, 0.1) is 0 Å². The number of nitrogens with one attached hydrogen (secondary N) is 1. The molecular formula is C11H12ClN5OS. The molecule has 0 aliphatic heterocycles. The monoisotopic (exact) mass is 297 g/mol. The summed E-state index contributed by atoms with van der Waals surface area (Å²) < 4.78 is 1.62. The first-order valence-corrected chi connectivity index (χ1v) is 6.75. The van der Waals surface area contributed by atoms with E-state index in [0.29, 0.717) is 21.8 Å². The molecule has 0 spiro atoms. The Bertz CT molecular complexity index is 601. The lowest BCUT2D eigenvalue weighted by molar-refractivity contribution is -0.113. The summed E-state index contributed by atoms with van der Waals surface area (Å²) in [5.41, 5.74) is 6.21. The maximum absolute atomic E-state index is 11.8. The molecule has 2 rings (SSSR count). The van der Waals surface area contributed by atoms with Crippen molar-refractivity contribution in [3.8, 4) is 0 Å². The van der Waals surface area contributed by atoms with E-state index in [-0.39, 0.29) is 11.7 Å². The molecule has 2 aromatic rings. The van der Waals surface area contributed by atoms with Crippen molar-refractivity contribution in [2.45, 2.75) is 5.16 Å². The number of carbonyl (C=O) groups excluding carboxylic acids is 1. The fraction of sp³-hybridized carbons (Fsp3) is 0.182. The molecular weight excluding hydrogens is 286 g/mol. The minimum absolute atomic E-state index is 0.145. The number of amides is 1. The predicted molar refractivity (Wildman–Crippen MR) is 76.2 cm³/mol. The van der Waals surface area contributed by atoms with E-state index >= 15 is 0 Å². The third-order valence-electron chi connectivity index (χ3n) is 2.31. The number of aromatic nitrogens is 3. The zero-order chi connectivity index (χ0) is 13.8. The number of halogens is 1. The van der Waals surface area contributed by atoms with Gasteiger partial charge in [0.05, 0.1) is 5.75 Å². The van der Waals surface area contributed by atoms with E-state index < -0.39 is 0 Å². The van der Waals surface area contributed by atoms with E-state index in [1.54, 1.807) is 35.9 Å². The number of nitrogen functional groups attached to an aromatic ring is 1. The molecule has 3 N–H and O–H groups in total. The fourth-order valence-electron chi connectivity index (χ4n) is 1.35. The molecule has 0 bridgehead atoms. The summed E-state index contributed by atoms with van der Waals surface area (Å²) in [5, 5.41) is 11.5. The van der Waals surface area contributed by atoms with Crippen molar-refractivity contribution in [1.82, 2.24) is 14.8 Å². The number of hydrogen-bond donors (Lipinski definition) is 2. The molecule has 8 heteroatoms. The Morgan fingerprint density at radius 2 is 2.32 bits per heavy atom. The smallest absolute Gasteiger partial charge is 0.234 e. The van der Waals surface area contributed by atoms with Crippen LogP contribution >= 0.6 is 23.4 Å². The summed E-state index contributed by atoms with van der Waals surface area (Å²) in [6.45, 7) is 0. The number of carbonyl (C=O) groups is 1. The molecule has 1 amide bonds. The van der Waals surface area contributed by atoms with Gasteiger partial charge in [0.15, 0.2) is 5.16 Å². The summed E-state index contributed by atoms with van der Waals surface area (Å²) in [6.07, 6.45) is 0. The highest BCUT2D eigenvalue weighted by atomic mass is 35.5. The Balaban J connectivity index is 1.90. The van der Waals surface area contributed by atoms with E-state index in [4.69, 9.17) is 17.3 Å². The standard InChI is InChI=1S/C11H12ClN5OS/c1-17-10(13)15-16-11(17)19-6-9(18)14-8-4-2-3-7(12)5-8/h2-5H,6H2,1H3,(H2,13,15)(H,14,18). The first-order valence-electron chi connectivity index (χ1n) is 5.39. The van der Waals surface area contributed by atoms with Gasteiger partial charge in [-0.25, -0.2) is 0 Å². The first-order chi connectivity index (χ1) is 9.06. The molecule has 0 radical (unpaired) electrons. The molecule has 0 aliphatic rings. The minimum Gasteiger partial charge on any atom is -0.368 e. The zero-order valence-corrected chi connectivity index (χ0v) is 11.7. The lowest BCUT2D eigenvalue weighted by atomic mass is 10.3. The van der Waals surface area contributed by atoms with Crippen molar-refractivity contribution < 1.29 is 4.79 Å². The van der Waals surface area contributed by atoms with Crippen LogP contribution in [-0.4, -0.2) is 26.4 Å². The van der Waals surface area contributed by atoms with Crippen molar-refractivity contribution in [3.05, 3.63) is 29.3 Å². The summed E-state index contributed by atoms with van der Waals surface area (Å²) >= 11 is 7.10. The van der Waals surface area contributed by atoms with Gasteiger partial charge in [0.2, 0.25) is 11.9 Å². The number of rotatable bonds is 4. The average Bonchev–Trinajstić information content (AvgIpc) is 2.68. The van der Waals surface area contributed by atoms with E-state index in [9.17, 15) is 4.79 Å². The summed E-state index contributed by atoms with van der Waals surface area (Å²) in [5.74, 6) is 0.393. The van der Waals surface area contributed by atoms with Gasteiger partial charge in [-0.1, -0.05) is 29.4 Å². The van der Waals surface area contributed by atoms with Crippen molar-refractivity contribution in [1.29, 1.82) is 0 Å². The molecule has 0 aliphatic carbocycles. The topological polar surface area (TPSA) is 85.8 Å². The Morgan fingerprint density at radius 3 is 2.95 bits per heavy atom. The highest BCUT2D eigenvalue weighted by molar-refractivity contribution is 7.99. The van der Waals surface area contributed by atoms with Crippen LogP contribution in [0.4, 0.5) is 11.6 Å². The molecule has 1 aromatic heterocycles. The van der Waals surface area contributed by atoms with Crippen LogP contribution in [0.1, 0.15) is 0 Å². The molecule has 6 nitrogen and oxygen atoms in total. The third kappa shape index (κ3) is 3.62. The molecule has 0 saturated heterocycles. The highest BCUT2D eigenvalue weighted by Crippen LogP contribution is 2.18. The van der Waals surface area contributed by atoms with Gasteiger partial charge in [-0.05, 0) is 18.2 Å². The van der Waals surface area contributed by atoms with Gasteiger partial charge in [0.1, 0.15) is 0 Å². The maximum Gasteiger partial charge on any atom is 0.234 e. The second-order valence-electron chi connectivity index (χ2n) is 3.75. The Morgan fingerprint density at radius 1 is 1.53 bits per heavy atom. The Hall–Kier alpha value is -1.73. The number of nitrogens with zero attached hydrogens (tertiary/aromatic N) is 3. The quantitative estimate of drug-likeness (QED) is 0.840. The molecule has 0 atom stereocenters. The molecule has 100 valence electrons. The molecule has 1 aromatic carbocycles. The normalized spacial score (nSPS) is 10.4. The van der Waals surface area contributed by atoms with Crippen molar-refractivity contribution in [2.24, 2.45) is 7.05 Å². The van der Waals surface area contributed by atoms with Crippen LogP contribution in [-0.2, 0) is 11.8 Å². The maximum atomic E-state index is 11.8. The lowest BCUT2D eigenvalue weighted by Gasteiger charge is -2.05. The van der Waals surface area contributed by atoms with Gasteiger partial charge in [-0.3, -0.25) is 9.36 Å². The number of thioether (sulfide) groups is 1. The van der Waals surface area contributed by atoms with Gasteiger partial charge in [0, 0.05) is 17.8 Å². The van der Waals surface area contributed by atoms with E-state index in [0.717, 1.165) is 0 Å². The van der Waals surface area contributed by atoms with Gasteiger partial charge in [-0.2, -0.15) is 0 Å². The van der Waals surface area contributed by atoms with Crippen LogP contribution in [0.25, 0.3) is 0 Å². The number of benzene rings is 1. The van der Waals surface area contributed by atoms with Gasteiger partial charge in [-0.15, -0.1) is 10.2 Å². The van der Waals surface area contributed by atoms with Crippen LogP contribution < -0.4 is 11.1 Å².